The van der Waals surface area contributed by atoms with Gasteiger partial charge in [-0.2, -0.15) is 0 Å². The maximum Gasteiger partial charge on any atom is 0.128 e. The first-order valence-corrected chi connectivity index (χ1v) is 7.66. The summed E-state index contributed by atoms with van der Waals surface area (Å²) < 4.78 is 5.69. The number of para-hydroxylation sites is 1. The Labute approximate surface area is 126 Å². The van der Waals surface area contributed by atoms with Crippen LogP contribution in [0, 0.1) is 5.92 Å². The highest BCUT2D eigenvalue weighted by Gasteiger charge is 2.21. The molecule has 0 spiro atoms. The minimum atomic E-state index is -0.619. The summed E-state index contributed by atoms with van der Waals surface area (Å²) in [5, 5.41) is 10.6. The Kier molecular flexibility index (Phi) is 3.98. The van der Waals surface area contributed by atoms with Gasteiger partial charge in [0.1, 0.15) is 11.9 Å². The topological polar surface area (TPSA) is 29.5 Å². The zero-order chi connectivity index (χ0) is 14.8. The SMILES string of the molecule is CC(C)Cc1ccc(C(O)c2cccc3c2OCC3)cc1. The van der Waals surface area contributed by atoms with Crippen LogP contribution in [-0.4, -0.2) is 11.7 Å². The zero-order valence-corrected chi connectivity index (χ0v) is 12.7. The molecular formula is C19H22O2. The van der Waals surface area contributed by atoms with Crippen molar-refractivity contribution in [3.63, 3.8) is 0 Å². The number of aliphatic hydroxyl groups excluding tert-OH is 1. The Morgan fingerprint density at radius 3 is 2.57 bits per heavy atom. The fourth-order valence-corrected chi connectivity index (χ4v) is 2.94. The summed E-state index contributed by atoms with van der Waals surface area (Å²) in [5.41, 5.74) is 4.31. The van der Waals surface area contributed by atoms with Crippen LogP contribution in [0.2, 0.25) is 0 Å². The average Bonchev–Trinajstić information content (AvgIpc) is 2.95. The van der Waals surface area contributed by atoms with E-state index in [9.17, 15) is 5.11 Å². The zero-order valence-electron chi connectivity index (χ0n) is 12.7. The lowest BCUT2D eigenvalue weighted by atomic mass is 9.96. The Hall–Kier alpha value is -1.80. The van der Waals surface area contributed by atoms with E-state index in [1.165, 1.54) is 11.1 Å². The molecule has 2 heteroatoms. The van der Waals surface area contributed by atoms with Gasteiger partial charge in [-0.3, -0.25) is 0 Å². The van der Waals surface area contributed by atoms with E-state index >= 15 is 0 Å². The first kappa shape index (κ1) is 14.2. The van der Waals surface area contributed by atoms with Gasteiger partial charge < -0.3 is 9.84 Å². The summed E-state index contributed by atoms with van der Waals surface area (Å²) in [6, 6.07) is 14.3. The second kappa shape index (κ2) is 5.90. The van der Waals surface area contributed by atoms with Gasteiger partial charge in [-0.05, 0) is 29.0 Å². The molecule has 1 aliphatic rings. The lowest BCUT2D eigenvalue weighted by Gasteiger charge is -2.15. The van der Waals surface area contributed by atoms with Crippen molar-refractivity contribution < 1.29 is 9.84 Å². The molecule has 0 saturated heterocycles. The fourth-order valence-electron chi connectivity index (χ4n) is 2.94. The van der Waals surface area contributed by atoms with Crippen molar-refractivity contribution in [1.82, 2.24) is 0 Å². The maximum absolute atomic E-state index is 10.6. The van der Waals surface area contributed by atoms with Gasteiger partial charge in [0.25, 0.3) is 0 Å². The van der Waals surface area contributed by atoms with Gasteiger partial charge in [-0.15, -0.1) is 0 Å². The summed E-state index contributed by atoms with van der Waals surface area (Å²) in [6.07, 6.45) is 1.38. The van der Waals surface area contributed by atoms with Gasteiger partial charge in [0, 0.05) is 12.0 Å². The molecular weight excluding hydrogens is 260 g/mol. The minimum Gasteiger partial charge on any atom is -0.493 e. The summed E-state index contributed by atoms with van der Waals surface area (Å²) in [4.78, 5) is 0. The molecule has 0 saturated carbocycles. The number of hydrogen-bond acceptors (Lipinski definition) is 2. The smallest absolute Gasteiger partial charge is 0.128 e. The molecule has 3 rings (SSSR count). The highest BCUT2D eigenvalue weighted by atomic mass is 16.5. The van der Waals surface area contributed by atoms with Gasteiger partial charge in [0.2, 0.25) is 0 Å². The third-order valence-electron chi connectivity index (χ3n) is 3.98. The quantitative estimate of drug-likeness (QED) is 0.921. The Balaban J connectivity index is 1.85. The molecule has 21 heavy (non-hydrogen) atoms. The van der Waals surface area contributed by atoms with Crippen LogP contribution in [0.3, 0.4) is 0 Å². The van der Waals surface area contributed by atoms with E-state index in [0.29, 0.717) is 12.5 Å². The number of aliphatic hydroxyl groups is 1. The molecule has 0 aromatic heterocycles. The number of ether oxygens (including phenoxy) is 1. The van der Waals surface area contributed by atoms with E-state index in [1.54, 1.807) is 0 Å². The molecule has 110 valence electrons. The van der Waals surface area contributed by atoms with Crippen molar-refractivity contribution in [2.75, 3.05) is 6.61 Å². The fraction of sp³-hybridized carbons (Fsp3) is 0.368. The highest BCUT2D eigenvalue weighted by molar-refractivity contribution is 5.48. The van der Waals surface area contributed by atoms with Crippen LogP contribution < -0.4 is 4.74 Å². The Morgan fingerprint density at radius 2 is 1.86 bits per heavy atom. The van der Waals surface area contributed by atoms with Gasteiger partial charge >= 0.3 is 0 Å². The van der Waals surface area contributed by atoms with E-state index < -0.39 is 6.10 Å². The average molecular weight is 282 g/mol. The monoisotopic (exact) mass is 282 g/mol. The van der Waals surface area contributed by atoms with Crippen molar-refractivity contribution in [1.29, 1.82) is 0 Å². The van der Waals surface area contributed by atoms with Crippen molar-refractivity contribution >= 4 is 0 Å². The van der Waals surface area contributed by atoms with Crippen LogP contribution in [0.4, 0.5) is 0 Å². The van der Waals surface area contributed by atoms with Gasteiger partial charge in [-0.25, -0.2) is 0 Å². The molecule has 0 fully saturated rings. The van der Waals surface area contributed by atoms with E-state index in [0.717, 1.165) is 29.7 Å². The van der Waals surface area contributed by atoms with Crippen molar-refractivity contribution in [3.05, 3.63) is 64.7 Å². The first-order valence-electron chi connectivity index (χ1n) is 7.66. The molecule has 0 aliphatic carbocycles. The molecule has 0 radical (unpaired) electrons. The highest BCUT2D eigenvalue weighted by Crippen LogP contribution is 2.36. The van der Waals surface area contributed by atoms with Crippen LogP contribution in [0.15, 0.2) is 42.5 Å². The standard InChI is InChI=1S/C19H22O2/c1-13(2)12-14-6-8-15(9-7-14)18(20)17-5-3-4-16-10-11-21-19(16)17/h3-9,13,18,20H,10-12H2,1-2H3. The second-order valence-corrected chi connectivity index (χ2v) is 6.18. The van der Waals surface area contributed by atoms with Crippen LogP contribution in [0.25, 0.3) is 0 Å². The molecule has 1 unspecified atom stereocenters. The van der Waals surface area contributed by atoms with Crippen molar-refractivity contribution in [3.8, 4) is 5.75 Å². The summed E-state index contributed by atoms with van der Waals surface area (Å²) in [5.74, 6) is 1.52. The van der Waals surface area contributed by atoms with E-state index in [4.69, 9.17) is 4.74 Å². The van der Waals surface area contributed by atoms with Gasteiger partial charge in [0.05, 0.1) is 6.61 Å². The molecule has 2 nitrogen and oxygen atoms in total. The van der Waals surface area contributed by atoms with Crippen molar-refractivity contribution in [2.45, 2.75) is 32.8 Å². The molecule has 0 amide bonds. The van der Waals surface area contributed by atoms with Crippen LogP contribution >= 0.6 is 0 Å². The van der Waals surface area contributed by atoms with Crippen LogP contribution in [-0.2, 0) is 12.8 Å². The van der Waals surface area contributed by atoms with Crippen LogP contribution in [0.1, 0.15) is 42.2 Å². The predicted molar refractivity (Wildman–Crippen MR) is 84.7 cm³/mol. The summed E-state index contributed by atoms with van der Waals surface area (Å²) in [6.45, 7) is 5.15. The van der Waals surface area contributed by atoms with E-state index in [-0.39, 0.29) is 0 Å². The van der Waals surface area contributed by atoms with Crippen LogP contribution in [0.5, 0.6) is 5.75 Å². The summed E-state index contributed by atoms with van der Waals surface area (Å²) in [7, 11) is 0. The second-order valence-electron chi connectivity index (χ2n) is 6.18. The van der Waals surface area contributed by atoms with Gasteiger partial charge in [-0.1, -0.05) is 56.3 Å². The molecule has 2 aromatic rings. The normalized spacial score (nSPS) is 14.9. The largest absolute Gasteiger partial charge is 0.493 e. The Bertz CT molecular complexity index is 614. The summed E-state index contributed by atoms with van der Waals surface area (Å²) >= 11 is 0. The molecule has 1 heterocycles. The van der Waals surface area contributed by atoms with E-state index in [1.807, 2.05) is 24.3 Å². The molecule has 1 N–H and O–H groups in total. The van der Waals surface area contributed by atoms with Crippen molar-refractivity contribution in [2.24, 2.45) is 5.92 Å². The van der Waals surface area contributed by atoms with E-state index in [2.05, 4.69) is 32.0 Å². The molecule has 2 aromatic carbocycles. The maximum atomic E-state index is 10.6. The third-order valence-corrected chi connectivity index (χ3v) is 3.98. The lowest BCUT2D eigenvalue weighted by Crippen LogP contribution is -2.03. The number of rotatable bonds is 4. The number of benzene rings is 2. The number of hydrogen-bond donors (Lipinski definition) is 1. The third kappa shape index (κ3) is 2.96. The number of fused-ring (bicyclic) bond motifs is 1. The predicted octanol–water partition coefficient (Wildman–Crippen LogP) is 3.90. The molecule has 0 bridgehead atoms. The minimum absolute atomic E-state index is 0.619. The molecule has 1 atom stereocenters. The molecule has 1 aliphatic heterocycles. The Morgan fingerprint density at radius 1 is 1.10 bits per heavy atom. The lowest BCUT2D eigenvalue weighted by molar-refractivity contribution is 0.213. The first-order chi connectivity index (χ1) is 10.1. The van der Waals surface area contributed by atoms with Gasteiger partial charge in [0.15, 0.2) is 0 Å².